The SMILES string of the molecule is CC/C=C\C/C=C\C/C=C\CCCCCCCCCC(=O)OC(COCCC(C(=O)O)[N+](C)(C)C)COC(=O)CCCCCCCCCCCCCCCCCCCC. The third kappa shape index (κ3) is 40.7. The average Bonchev–Trinajstić information content (AvgIpc) is 3.19. The van der Waals surface area contributed by atoms with Crippen LogP contribution in [0.25, 0.3) is 0 Å². The van der Waals surface area contributed by atoms with E-state index in [2.05, 4.69) is 50.3 Å². The topological polar surface area (TPSA) is 99.1 Å². The third-order valence-electron chi connectivity index (χ3n) is 11.1. The molecule has 0 fully saturated rings. The van der Waals surface area contributed by atoms with E-state index in [9.17, 15) is 19.5 Å². The summed E-state index contributed by atoms with van der Waals surface area (Å²) in [6.45, 7) is 4.64. The minimum absolute atomic E-state index is 0.0517. The zero-order valence-electron chi connectivity index (χ0n) is 39.2. The number of ether oxygens (including phenoxy) is 3. The maximum Gasteiger partial charge on any atom is 0.362 e. The zero-order chi connectivity index (χ0) is 43.5. The highest BCUT2D eigenvalue weighted by Gasteiger charge is 2.31. The quantitative estimate of drug-likeness (QED) is 0.0282. The smallest absolute Gasteiger partial charge is 0.362 e. The Kier molecular flexibility index (Phi) is 40.5. The van der Waals surface area contributed by atoms with Gasteiger partial charge in [0, 0.05) is 19.3 Å². The summed E-state index contributed by atoms with van der Waals surface area (Å²) < 4.78 is 17.3. The Hall–Kier alpha value is -2.45. The van der Waals surface area contributed by atoms with E-state index in [0.29, 0.717) is 19.3 Å². The number of quaternary nitrogens is 1. The predicted molar refractivity (Wildman–Crippen MR) is 248 cm³/mol. The highest BCUT2D eigenvalue weighted by molar-refractivity contribution is 5.72. The fourth-order valence-corrected chi connectivity index (χ4v) is 7.28. The number of unbranched alkanes of at least 4 members (excludes halogenated alkanes) is 24. The van der Waals surface area contributed by atoms with Gasteiger partial charge in [0.15, 0.2) is 12.1 Å². The van der Waals surface area contributed by atoms with Crippen molar-refractivity contribution in [1.29, 1.82) is 0 Å². The van der Waals surface area contributed by atoms with Crippen LogP contribution in [0.3, 0.4) is 0 Å². The van der Waals surface area contributed by atoms with Crippen molar-refractivity contribution in [2.45, 2.75) is 231 Å². The van der Waals surface area contributed by atoms with E-state index >= 15 is 0 Å². The van der Waals surface area contributed by atoms with Crippen molar-refractivity contribution in [1.82, 2.24) is 0 Å². The Balaban J connectivity index is 4.26. The van der Waals surface area contributed by atoms with Crippen LogP contribution in [-0.4, -0.2) is 80.6 Å². The van der Waals surface area contributed by atoms with E-state index < -0.39 is 18.1 Å². The van der Waals surface area contributed by atoms with Gasteiger partial charge < -0.3 is 23.8 Å². The molecule has 0 aliphatic carbocycles. The largest absolute Gasteiger partial charge is 0.477 e. The Morgan fingerprint density at radius 2 is 0.949 bits per heavy atom. The highest BCUT2D eigenvalue weighted by atomic mass is 16.6. The lowest BCUT2D eigenvalue weighted by Gasteiger charge is -2.31. The average molecular weight is 833 g/mol. The molecule has 0 aliphatic rings. The first kappa shape index (κ1) is 56.5. The molecule has 0 bridgehead atoms. The monoisotopic (exact) mass is 833 g/mol. The molecule has 0 radical (unpaired) electrons. The number of likely N-dealkylation sites (N-methyl/N-ethyl adjacent to an activating group) is 1. The van der Waals surface area contributed by atoms with Crippen LogP contribution in [0.1, 0.15) is 219 Å². The van der Waals surface area contributed by atoms with Gasteiger partial charge in [0.25, 0.3) is 0 Å². The maximum absolute atomic E-state index is 12.8. The van der Waals surface area contributed by atoms with Crippen LogP contribution in [0.15, 0.2) is 36.5 Å². The summed E-state index contributed by atoms with van der Waals surface area (Å²) in [4.78, 5) is 37.1. The van der Waals surface area contributed by atoms with Gasteiger partial charge in [0.1, 0.15) is 6.61 Å². The second-order valence-corrected chi connectivity index (χ2v) is 17.7. The molecule has 0 saturated heterocycles. The maximum atomic E-state index is 12.8. The Morgan fingerprint density at radius 1 is 0.525 bits per heavy atom. The van der Waals surface area contributed by atoms with Gasteiger partial charge in [0.2, 0.25) is 0 Å². The van der Waals surface area contributed by atoms with Crippen LogP contribution in [0.2, 0.25) is 0 Å². The van der Waals surface area contributed by atoms with Crippen LogP contribution in [0.4, 0.5) is 0 Å². The predicted octanol–water partition coefficient (Wildman–Crippen LogP) is 13.8. The van der Waals surface area contributed by atoms with Crippen molar-refractivity contribution in [3.05, 3.63) is 36.5 Å². The number of aliphatic carboxylic acids is 1. The molecule has 0 saturated carbocycles. The molecule has 2 atom stereocenters. The zero-order valence-corrected chi connectivity index (χ0v) is 39.2. The molecule has 0 aliphatic heterocycles. The molecule has 2 unspecified atom stereocenters. The molecule has 8 heteroatoms. The molecule has 0 aromatic heterocycles. The number of carbonyl (C=O) groups excluding carboxylic acids is 2. The summed E-state index contributed by atoms with van der Waals surface area (Å²) in [5.41, 5.74) is 0. The van der Waals surface area contributed by atoms with Gasteiger partial charge in [-0.3, -0.25) is 9.59 Å². The van der Waals surface area contributed by atoms with Gasteiger partial charge in [0.05, 0.1) is 34.4 Å². The van der Waals surface area contributed by atoms with Crippen LogP contribution < -0.4 is 0 Å². The molecule has 344 valence electrons. The first-order valence-corrected chi connectivity index (χ1v) is 24.5. The third-order valence-corrected chi connectivity index (χ3v) is 11.1. The molecule has 59 heavy (non-hydrogen) atoms. The Bertz CT molecular complexity index is 1060. The van der Waals surface area contributed by atoms with Crippen molar-refractivity contribution >= 4 is 17.9 Å². The van der Waals surface area contributed by atoms with Crippen molar-refractivity contribution in [3.8, 4) is 0 Å². The molecular weight excluding hydrogens is 739 g/mol. The summed E-state index contributed by atoms with van der Waals surface area (Å²) in [6.07, 6.45) is 49.0. The second kappa shape index (κ2) is 42.2. The first-order valence-electron chi connectivity index (χ1n) is 24.5. The number of carboxylic acid groups (broad SMARTS) is 1. The molecule has 0 rings (SSSR count). The molecular formula is C51H94NO7+. The Labute approximate surface area is 364 Å². The van der Waals surface area contributed by atoms with Crippen molar-refractivity contribution in [2.75, 3.05) is 41.0 Å². The van der Waals surface area contributed by atoms with Crippen LogP contribution in [0.5, 0.6) is 0 Å². The lowest BCUT2D eigenvalue weighted by atomic mass is 10.0. The fourth-order valence-electron chi connectivity index (χ4n) is 7.28. The van der Waals surface area contributed by atoms with Gasteiger partial charge in [-0.2, -0.15) is 0 Å². The number of carboxylic acids is 1. The van der Waals surface area contributed by atoms with Gasteiger partial charge in [-0.05, 0) is 44.9 Å². The number of hydrogen-bond donors (Lipinski definition) is 1. The number of carbonyl (C=O) groups is 3. The summed E-state index contributed by atoms with van der Waals surface area (Å²) in [6, 6.07) is -0.615. The normalized spacial score (nSPS) is 13.2. The summed E-state index contributed by atoms with van der Waals surface area (Å²) in [7, 11) is 5.53. The molecule has 0 aromatic rings. The summed E-state index contributed by atoms with van der Waals surface area (Å²) in [5.74, 6) is -1.47. The van der Waals surface area contributed by atoms with Crippen LogP contribution in [-0.2, 0) is 28.6 Å². The molecule has 8 nitrogen and oxygen atoms in total. The lowest BCUT2D eigenvalue weighted by molar-refractivity contribution is -0.887. The molecule has 1 N–H and O–H groups in total. The van der Waals surface area contributed by atoms with Crippen LogP contribution >= 0.6 is 0 Å². The number of nitrogens with zero attached hydrogens (tertiary/aromatic N) is 1. The molecule has 0 aromatic carbocycles. The van der Waals surface area contributed by atoms with E-state index in [1.54, 1.807) is 0 Å². The number of hydrogen-bond acceptors (Lipinski definition) is 6. The minimum Gasteiger partial charge on any atom is -0.477 e. The number of allylic oxidation sites excluding steroid dienone is 6. The summed E-state index contributed by atoms with van der Waals surface area (Å²) in [5, 5.41) is 9.64. The van der Waals surface area contributed by atoms with Gasteiger partial charge in [-0.25, -0.2) is 4.79 Å². The van der Waals surface area contributed by atoms with E-state index in [1.165, 1.54) is 122 Å². The van der Waals surface area contributed by atoms with Crippen LogP contribution in [0, 0.1) is 0 Å². The van der Waals surface area contributed by atoms with Crippen molar-refractivity contribution in [2.24, 2.45) is 0 Å². The standard InChI is InChI=1S/C51H93NO7/c1-6-8-10-12-14-16-18-20-22-24-26-27-29-31-33-35-37-39-41-49(53)58-46-47(45-57-44-43-48(51(55)56)52(3,4)5)59-50(54)42-40-38-36-34-32-30-28-25-23-21-19-17-15-13-11-9-7-2/h9,11,15,17,21,23,47-48H,6-8,10,12-14,16,18-20,22,24-46H2,1-5H3/p+1/b11-9-,17-15-,23-21-. The van der Waals surface area contributed by atoms with E-state index in [-0.39, 0.29) is 36.2 Å². The van der Waals surface area contributed by atoms with E-state index in [1.807, 2.05) is 21.1 Å². The van der Waals surface area contributed by atoms with E-state index in [4.69, 9.17) is 14.2 Å². The Morgan fingerprint density at radius 3 is 1.41 bits per heavy atom. The lowest BCUT2D eigenvalue weighted by Crippen LogP contribution is -2.50. The second-order valence-electron chi connectivity index (χ2n) is 17.7. The summed E-state index contributed by atoms with van der Waals surface area (Å²) >= 11 is 0. The van der Waals surface area contributed by atoms with Gasteiger partial charge in [-0.15, -0.1) is 0 Å². The minimum atomic E-state index is -0.875. The molecule has 0 amide bonds. The molecule has 0 heterocycles. The van der Waals surface area contributed by atoms with Crippen molar-refractivity contribution < 1.29 is 38.2 Å². The number of esters is 2. The van der Waals surface area contributed by atoms with Gasteiger partial charge in [-0.1, -0.05) is 192 Å². The highest BCUT2D eigenvalue weighted by Crippen LogP contribution is 2.16. The number of rotatable bonds is 44. The van der Waals surface area contributed by atoms with E-state index in [0.717, 1.165) is 64.2 Å². The van der Waals surface area contributed by atoms with Gasteiger partial charge >= 0.3 is 17.9 Å². The fraction of sp³-hybridized carbons (Fsp3) is 0.824. The molecule has 0 spiro atoms. The first-order chi connectivity index (χ1) is 28.6. The van der Waals surface area contributed by atoms with Crippen molar-refractivity contribution in [3.63, 3.8) is 0 Å².